The lowest BCUT2D eigenvalue weighted by Gasteiger charge is -2.12. The summed E-state index contributed by atoms with van der Waals surface area (Å²) in [5.41, 5.74) is 7.10. The molecule has 37 heavy (non-hydrogen) atoms. The molecule has 0 radical (unpaired) electrons. The number of hydrogen-bond donors (Lipinski definition) is 2. The summed E-state index contributed by atoms with van der Waals surface area (Å²) in [5, 5.41) is 6.21. The van der Waals surface area contributed by atoms with E-state index in [4.69, 9.17) is 9.15 Å². The van der Waals surface area contributed by atoms with Crippen molar-refractivity contribution >= 4 is 40.4 Å². The second kappa shape index (κ2) is 11.7. The minimum Gasteiger partial charge on any atom is -0.466 e. The van der Waals surface area contributed by atoms with Gasteiger partial charge in [-0.05, 0) is 72.7 Å². The fraction of sp³-hybridized carbons (Fsp3) is 0.300. The Labute approximate surface area is 217 Å². The monoisotopic (exact) mass is 499 g/mol. The van der Waals surface area contributed by atoms with Crippen LogP contribution in [0.1, 0.15) is 55.4 Å². The van der Waals surface area contributed by atoms with Crippen molar-refractivity contribution in [3.05, 3.63) is 82.9 Å². The van der Waals surface area contributed by atoms with Crippen LogP contribution in [-0.2, 0) is 27.2 Å². The number of carbonyl (C=O) groups excluding carboxylic acids is 2. The van der Waals surface area contributed by atoms with Gasteiger partial charge in [-0.15, -0.1) is 0 Å². The number of anilines is 3. The maximum atomic E-state index is 12.8. The number of carbonyl (C=O) groups is 2. The van der Waals surface area contributed by atoms with Crippen LogP contribution >= 0.6 is 0 Å². The van der Waals surface area contributed by atoms with Crippen LogP contribution < -0.4 is 10.6 Å². The molecular weight excluding hydrogens is 466 g/mol. The molecule has 0 aliphatic heterocycles. The van der Waals surface area contributed by atoms with E-state index in [1.54, 1.807) is 6.92 Å². The van der Waals surface area contributed by atoms with Gasteiger partial charge in [0.15, 0.2) is 5.58 Å². The Kier molecular flexibility index (Phi) is 8.23. The Morgan fingerprint density at radius 1 is 1.05 bits per heavy atom. The van der Waals surface area contributed by atoms with Crippen LogP contribution in [0.2, 0.25) is 0 Å². The molecule has 7 nitrogen and oxygen atoms in total. The number of aromatic nitrogens is 1. The Morgan fingerprint density at radius 2 is 1.81 bits per heavy atom. The van der Waals surface area contributed by atoms with Crippen LogP contribution in [0.4, 0.5) is 17.4 Å². The lowest BCUT2D eigenvalue weighted by molar-refractivity contribution is -0.143. The van der Waals surface area contributed by atoms with Gasteiger partial charge in [-0.3, -0.25) is 9.59 Å². The number of benzene rings is 3. The van der Waals surface area contributed by atoms with E-state index in [1.807, 2.05) is 74.5 Å². The van der Waals surface area contributed by atoms with Crippen LogP contribution in [0.25, 0.3) is 11.1 Å². The molecule has 4 aromatic rings. The quantitative estimate of drug-likeness (QED) is 0.236. The highest BCUT2D eigenvalue weighted by Crippen LogP contribution is 2.28. The Hall–Kier alpha value is -4.13. The van der Waals surface area contributed by atoms with Crippen LogP contribution in [0.5, 0.6) is 0 Å². The lowest BCUT2D eigenvalue weighted by Crippen LogP contribution is -2.14. The Balaban J connectivity index is 1.43. The molecule has 0 aliphatic rings. The molecular formula is C30H33N3O4. The number of ether oxygens (including phenoxy) is 1. The lowest BCUT2D eigenvalue weighted by atomic mass is 9.97. The average molecular weight is 500 g/mol. The van der Waals surface area contributed by atoms with Crippen molar-refractivity contribution in [1.82, 2.24) is 4.98 Å². The number of nitrogens with zero attached hydrogens (tertiary/aromatic N) is 1. The third-order valence-corrected chi connectivity index (χ3v) is 6.31. The van der Waals surface area contributed by atoms with Gasteiger partial charge in [0.05, 0.1) is 19.4 Å². The third-order valence-electron chi connectivity index (χ3n) is 6.31. The van der Waals surface area contributed by atoms with Crippen LogP contribution in [-0.4, -0.2) is 23.5 Å². The molecule has 0 fully saturated rings. The standard InChI is InChI=1S/C30H33N3O4/c1-5-22-16-21(17-26-29(22)33-30(37-26)32-25-10-8-7-9-19(25)3)18-27(34)31-24-13-11-23(12-14-24)20(4)15-28(35)36-6-2/h7-14,16-17,20H,5-6,15,18H2,1-4H3,(H,31,34)(H,32,33)/t20-/m1/s1. The molecule has 1 aromatic heterocycles. The number of fused-ring (bicyclic) bond motifs is 1. The molecule has 1 heterocycles. The molecule has 0 bridgehead atoms. The van der Waals surface area contributed by atoms with Gasteiger partial charge in [-0.25, -0.2) is 0 Å². The second-order valence-corrected chi connectivity index (χ2v) is 9.17. The van der Waals surface area contributed by atoms with E-state index in [0.717, 1.165) is 39.9 Å². The van der Waals surface area contributed by atoms with Gasteiger partial charge in [-0.2, -0.15) is 4.98 Å². The maximum Gasteiger partial charge on any atom is 0.306 e. The number of aryl methyl sites for hydroxylation is 2. The summed E-state index contributed by atoms with van der Waals surface area (Å²) < 4.78 is 11.0. The van der Waals surface area contributed by atoms with Crippen molar-refractivity contribution in [2.24, 2.45) is 0 Å². The van der Waals surface area contributed by atoms with Gasteiger partial charge in [0, 0.05) is 11.4 Å². The molecule has 0 saturated heterocycles. The van der Waals surface area contributed by atoms with Crippen molar-refractivity contribution in [1.29, 1.82) is 0 Å². The SMILES string of the molecule is CCOC(=O)C[C@@H](C)c1ccc(NC(=O)Cc2cc(CC)c3nc(Nc4ccccc4C)oc3c2)cc1. The minimum absolute atomic E-state index is 0.0371. The maximum absolute atomic E-state index is 12.8. The van der Waals surface area contributed by atoms with Gasteiger partial charge in [0.25, 0.3) is 6.01 Å². The fourth-order valence-corrected chi connectivity index (χ4v) is 4.29. The highest BCUT2D eigenvalue weighted by Gasteiger charge is 2.15. The van der Waals surface area contributed by atoms with E-state index in [9.17, 15) is 9.59 Å². The summed E-state index contributed by atoms with van der Waals surface area (Å²) in [5.74, 6) is -0.290. The average Bonchev–Trinajstić information content (AvgIpc) is 3.27. The largest absolute Gasteiger partial charge is 0.466 e. The van der Waals surface area contributed by atoms with Gasteiger partial charge in [0.1, 0.15) is 5.52 Å². The number of hydrogen-bond acceptors (Lipinski definition) is 6. The number of amides is 1. The molecule has 0 aliphatic carbocycles. The fourth-order valence-electron chi connectivity index (χ4n) is 4.29. The van der Waals surface area contributed by atoms with E-state index in [-0.39, 0.29) is 24.2 Å². The molecule has 4 rings (SSSR count). The molecule has 192 valence electrons. The third kappa shape index (κ3) is 6.55. The normalized spacial score (nSPS) is 11.8. The first kappa shape index (κ1) is 25.9. The molecule has 7 heteroatoms. The highest BCUT2D eigenvalue weighted by molar-refractivity contribution is 5.93. The summed E-state index contributed by atoms with van der Waals surface area (Å²) in [6, 6.07) is 19.8. The van der Waals surface area contributed by atoms with Crippen molar-refractivity contribution in [3.63, 3.8) is 0 Å². The van der Waals surface area contributed by atoms with Gasteiger partial charge in [0.2, 0.25) is 5.91 Å². The summed E-state index contributed by atoms with van der Waals surface area (Å²) in [4.78, 5) is 29.2. The summed E-state index contributed by atoms with van der Waals surface area (Å²) in [6.45, 7) is 8.25. The molecule has 1 atom stereocenters. The van der Waals surface area contributed by atoms with Crippen molar-refractivity contribution < 1.29 is 18.7 Å². The molecule has 0 saturated carbocycles. The Bertz CT molecular complexity index is 1390. The van der Waals surface area contributed by atoms with Crippen LogP contribution in [0.3, 0.4) is 0 Å². The predicted octanol–water partition coefficient (Wildman–Crippen LogP) is 6.68. The van der Waals surface area contributed by atoms with E-state index < -0.39 is 0 Å². The number of oxazole rings is 1. The van der Waals surface area contributed by atoms with E-state index in [0.29, 0.717) is 30.3 Å². The molecule has 3 aromatic carbocycles. The topological polar surface area (TPSA) is 93.5 Å². The summed E-state index contributed by atoms with van der Waals surface area (Å²) in [6.07, 6.45) is 1.31. The number of esters is 1. The van der Waals surface area contributed by atoms with Gasteiger partial charge < -0.3 is 19.8 Å². The van der Waals surface area contributed by atoms with E-state index in [2.05, 4.69) is 22.5 Å². The van der Waals surface area contributed by atoms with Crippen LogP contribution in [0, 0.1) is 6.92 Å². The van der Waals surface area contributed by atoms with Gasteiger partial charge in [-0.1, -0.05) is 50.2 Å². The summed E-state index contributed by atoms with van der Waals surface area (Å²) in [7, 11) is 0. The van der Waals surface area contributed by atoms with Gasteiger partial charge >= 0.3 is 5.97 Å². The van der Waals surface area contributed by atoms with Crippen molar-refractivity contribution in [3.8, 4) is 0 Å². The first-order valence-electron chi connectivity index (χ1n) is 12.7. The highest BCUT2D eigenvalue weighted by atomic mass is 16.5. The zero-order valence-corrected chi connectivity index (χ0v) is 21.8. The summed E-state index contributed by atoms with van der Waals surface area (Å²) >= 11 is 0. The number of rotatable bonds is 10. The zero-order chi connectivity index (χ0) is 26.4. The molecule has 1 amide bonds. The second-order valence-electron chi connectivity index (χ2n) is 9.17. The molecule has 0 spiro atoms. The van der Waals surface area contributed by atoms with Crippen molar-refractivity contribution in [2.75, 3.05) is 17.2 Å². The first-order chi connectivity index (χ1) is 17.9. The van der Waals surface area contributed by atoms with E-state index in [1.165, 1.54) is 0 Å². The van der Waals surface area contributed by atoms with Crippen LogP contribution in [0.15, 0.2) is 65.1 Å². The number of para-hydroxylation sites is 1. The first-order valence-corrected chi connectivity index (χ1v) is 12.7. The molecule has 2 N–H and O–H groups in total. The minimum atomic E-state index is -0.208. The van der Waals surface area contributed by atoms with Crippen molar-refractivity contribution in [2.45, 2.75) is 52.9 Å². The predicted molar refractivity (Wildman–Crippen MR) is 146 cm³/mol. The Morgan fingerprint density at radius 3 is 2.51 bits per heavy atom. The zero-order valence-electron chi connectivity index (χ0n) is 21.8. The van der Waals surface area contributed by atoms with E-state index >= 15 is 0 Å². The smallest absolute Gasteiger partial charge is 0.306 e. The number of nitrogens with one attached hydrogen (secondary N) is 2. The molecule has 0 unspecified atom stereocenters.